The largest absolute Gasteiger partial charge is 0.417 e. The van der Waals surface area contributed by atoms with Gasteiger partial charge in [0.1, 0.15) is 0 Å². The highest BCUT2D eigenvalue weighted by atomic mass is 19.4. The highest BCUT2D eigenvalue weighted by molar-refractivity contribution is 4.92. The smallest absolute Gasteiger partial charge is 0.396 e. The Hall–Kier alpha value is -0.330. The van der Waals surface area contributed by atoms with Crippen molar-refractivity contribution in [3.63, 3.8) is 0 Å². The Bertz CT molecular complexity index is 258. The van der Waals surface area contributed by atoms with Gasteiger partial charge < -0.3 is 15.1 Å². The van der Waals surface area contributed by atoms with E-state index in [0.29, 0.717) is 6.54 Å². The summed E-state index contributed by atoms with van der Waals surface area (Å²) in [5.41, 5.74) is -2.86. The summed E-state index contributed by atoms with van der Waals surface area (Å²) < 4.78 is 37.6. The number of aliphatic hydroxyl groups is 2. The molecule has 0 amide bonds. The van der Waals surface area contributed by atoms with Crippen LogP contribution < -0.4 is 0 Å². The molecular weight excluding hydrogens is 235 g/mol. The number of piperidine rings is 1. The standard InChI is InChI=1S/C11H20F3NO2/c1-9(2,8-16)7-15-5-3-10(17,4-6-15)11(12,13)14/h16-17H,3-8H2,1-2H3. The molecule has 17 heavy (non-hydrogen) atoms. The molecule has 0 aromatic carbocycles. The molecule has 1 saturated heterocycles. The van der Waals surface area contributed by atoms with Gasteiger partial charge in [0.25, 0.3) is 0 Å². The van der Waals surface area contributed by atoms with Crippen LogP contribution in [-0.2, 0) is 0 Å². The van der Waals surface area contributed by atoms with Crippen LogP contribution in [0, 0.1) is 5.41 Å². The average Bonchev–Trinajstić information content (AvgIpc) is 2.20. The predicted octanol–water partition coefficient (Wildman–Crippen LogP) is 1.39. The van der Waals surface area contributed by atoms with Gasteiger partial charge in [-0.3, -0.25) is 0 Å². The topological polar surface area (TPSA) is 43.7 Å². The van der Waals surface area contributed by atoms with E-state index in [4.69, 9.17) is 5.11 Å². The van der Waals surface area contributed by atoms with Crippen molar-refractivity contribution in [3.8, 4) is 0 Å². The molecule has 0 bridgehead atoms. The SMILES string of the molecule is CC(C)(CO)CN1CCC(O)(C(F)(F)F)CC1. The molecule has 0 atom stereocenters. The van der Waals surface area contributed by atoms with Gasteiger partial charge in [-0.2, -0.15) is 13.2 Å². The number of hydrogen-bond acceptors (Lipinski definition) is 3. The van der Waals surface area contributed by atoms with Crippen molar-refractivity contribution in [2.75, 3.05) is 26.2 Å². The average molecular weight is 255 g/mol. The number of rotatable bonds is 3. The highest BCUT2D eigenvalue weighted by Crippen LogP contribution is 2.38. The third-order valence-corrected chi connectivity index (χ3v) is 3.29. The van der Waals surface area contributed by atoms with Gasteiger partial charge in [-0.15, -0.1) is 0 Å². The summed E-state index contributed by atoms with van der Waals surface area (Å²) in [6.07, 6.45) is -5.14. The molecule has 0 aromatic rings. The molecule has 1 aliphatic rings. The Morgan fingerprint density at radius 3 is 2.00 bits per heavy atom. The molecular formula is C11H20F3NO2. The van der Waals surface area contributed by atoms with Crippen molar-refractivity contribution in [3.05, 3.63) is 0 Å². The van der Waals surface area contributed by atoms with Gasteiger partial charge in [-0.25, -0.2) is 0 Å². The molecule has 6 heteroatoms. The summed E-state index contributed by atoms with van der Waals surface area (Å²) in [5.74, 6) is 0. The summed E-state index contributed by atoms with van der Waals surface area (Å²) in [4.78, 5) is 1.86. The Labute approximate surface area is 99.2 Å². The van der Waals surface area contributed by atoms with E-state index in [1.54, 1.807) is 0 Å². The van der Waals surface area contributed by atoms with Crippen LogP contribution in [0.15, 0.2) is 0 Å². The Balaban J connectivity index is 2.52. The van der Waals surface area contributed by atoms with Gasteiger partial charge in [-0.05, 0) is 12.8 Å². The second-order valence-corrected chi connectivity index (χ2v) is 5.63. The zero-order chi connectivity index (χ0) is 13.3. The van der Waals surface area contributed by atoms with Crippen molar-refractivity contribution < 1.29 is 23.4 Å². The van der Waals surface area contributed by atoms with Crippen molar-refractivity contribution in [1.82, 2.24) is 4.90 Å². The molecule has 1 fully saturated rings. The van der Waals surface area contributed by atoms with E-state index in [1.807, 2.05) is 18.7 Å². The molecule has 0 aliphatic carbocycles. The van der Waals surface area contributed by atoms with Gasteiger partial charge in [0, 0.05) is 31.7 Å². The number of hydrogen-bond donors (Lipinski definition) is 2. The number of alkyl halides is 3. The molecule has 1 heterocycles. The minimum atomic E-state index is -4.55. The van der Waals surface area contributed by atoms with Gasteiger partial charge >= 0.3 is 6.18 Å². The van der Waals surface area contributed by atoms with Crippen LogP contribution in [0.4, 0.5) is 13.2 Å². The van der Waals surface area contributed by atoms with Crippen molar-refractivity contribution in [2.24, 2.45) is 5.41 Å². The third kappa shape index (κ3) is 3.56. The van der Waals surface area contributed by atoms with Gasteiger partial charge in [0.2, 0.25) is 0 Å². The van der Waals surface area contributed by atoms with Crippen LogP contribution in [0.1, 0.15) is 26.7 Å². The Morgan fingerprint density at radius 1 is 1.18 bits per heavy atom. The van der Waals surface area contributed by atoms with Crippen LogP contribution >= 0.6 is 0 Å². The van der Waals surface area contributed by atoms with E-state index in [0.717, 1.165) is 0 Å². The van der Waals surface area contributed by atoms with Crippen molar-refractivity contribution in [1.29, 1.82) is 0 Å². The first-order valence-electron chi connectivity index (χ1n) is 5.72. The minimum absolute atomic E-state index is 0.00691. The zero-order valence-electron chi connectivity index (χ0n) is 10.2. The van der Waals surface area contributed by atoms with E-state index in [9.17, 15) is 18.3 Å². The zero-order valence-corrected chi connectivity index (χ0v) is 10.2. The summed E-state index contributed by atoms with van der Waals surface area (Å²) in [7, 11) is 0. The first-order valence-corrected chi connectivity index (χ1v) is 5.72. The van der Waals surface area contributed by atoms with E-state index in [2.05, 4.69) is 0 Å². The molecule has 1 aliphatic heterocycles. The molecule has 0 saturated carbocycles. The monoisotopic (exact) mass is 255 g/mol. The van der Waals surface area contributed by atoms with Gasteiger partial charge in [-0.1, -0.05) is 13.8 Å². The Morgan fingerprint density at radius 2 is 1.65 bits per heavy atom. The second-order valence-electron chi connectivity index (χ2n) is 5.63. The van der Waals surface area contributed by atoms with E-state index >= 15 is 0 Å². The van der Waals surface area contributed by atoms with Crippen LogP contribution in [-0.4, -0.2) is 53.1 Å². The number of halogens is 3. The van der Waals surface area contributed by atoms with Gasteiger partial charge in [0.15, 0.2) is 5.60 Å². The summed E-state index contributed by atoms with van der Waals surface area (Å²) in [5, 5.41) is 18.6. The quantitative estimate of drug-likeness (QED) is 0.801. The van der Waals surface area contributed by atoms with Crippen LogP contribution in [0.5, 0.6) is 0 Å². The van der Waals surface area contributed by atoms with Crippen molar-refractivity contribution in [2.45, 2.75) is 38.5 Å². The van der Waals surface area contributed by atoms with Crippen LogP contribution in [0.2, 0.25) is 0 Å². The second kappa shape index (κ2) is 4.74. The van der Waals surface area contributed by atoms with Crippen LogP contribution in [0.3, 0.4) is 0 Å². The summed E-state index contributed by atoms with van der Waals surface area (Å²) >= 11 is 0. The molecule has 1 rings (SSSR count). The first kappa shape index (κ1) is 14.7. The van der Waals surface area contributed by atoms with E-state index in [-0.39, 0.29) is 38.0 Å². The molecule has 0 aromatic heterocycles. The summed E-state index contributed by atoms with van der Waals surface area (Å²) in [6, 6.07) is 0. The van der Waals surface area contributed by atoms with E-state index in [1.165, 1.54) is 0 Å². The molecule has 102 valence electrons. The number of aliphatic hydroxyl groups excluding tert-OH is 1. The lowest BCUT2D eigenvalue weighted by Crippen LogP contribution is -2.54. The molecule has 3 nitrogen and oxygen atoms in total. The Kier molecular flexibility index (Phi) is 4.11. The molecule has 0 unspecified atom stereocenters. The lowest BCUT2D eigenvalue weighted by atomic mass is 9.88. The minimum Gasteiger partial charge on any atom is -0.396 e. The predicted molar refractivity (Wildman–Crippen MR) is 57.5 cm³/mol. The fourth-order valence-electron chi connectivity index (χ4n) is 2.02. The normalized spacial score (nSPS) is 22.8. The van der Waals surface area contributed by atoms with E-state index < -0.39 is 11.8 Å². The number of likely N-dealkylation sites (tertiary alicyclic amines) is 1. The fraction of sp³-hybridized carbons (Fsp3) is 1.00. The maximum atomic E-state index is 12.5. The summed E-state index contributed by atoms with van der Waals surface area (Å²) in [6.45, 7) is 4.67. The highest BCUT2D eigenvalue weighted by Gasteiger charge is 2.54. The maximum Gasteiger partial charge on any atom is 0.417 e. The lowest BCUT2D eigenvalue weighted by Gasteiger charge is -2.41. The van der Waals surface area contributed by atoms with Gasteiger partial charge in [0.05, 0.1) is 0 Å². The van der Waals surface area contributed by atoms with Crippen LogP contribution in [0.25, 0.3) is 0 Å². The lowest BCUT2D eigenvalue weighted by molar-refractivity contribution is -0.273. The van der Waals surface area contributed by atoms with Crippen molar-refractivity contribution >= 4 is 0 Å². The number of nitrogens with zero attached hydrogens (tertiary/aromatic N) is 1. The molecule has 2 N–H and O–H groups in total. The maximum absolute atomic E-state index is 12.5. The fourth-order valence-corrected chi connectivity index (χ4v) is 2.02. The molecule has 0 spiro atoms. The third-order valence-electron chi connectivity index (χ3n) is 3.29. The first-order chi connectivity index (χ1) is 7.60. The molecule has 0 radical (unpaired) electrons.